The molecule has 5 heteroatoms. The van der Waals surface area contributed by atoms with E-state index < -0.39 is 0 Å². The maximum Gasteiger partial charge on any atom is 0.0849 e. The molecule has 1 aromatic carbocycles. The molecule has 2 rings (SSSR count). The molecule has 16 heavy (non-hydrogen) atoms. The Morgan fingerprint density at radius 3 is 2.75 bits per heavy atom. The fraction of sp³-hybridized carbons (Fsp3) is 0.182. The van der Waals surface area contributed by atoms with Crippen LogP contribution in [0, 0.1) is 6.92 Å². The smallest absolute Gasteiger partial charge is 0.0849 e. The zero-order chi connectivity index (χ0) is 11.7. The predicted molar refractivity (Wildman–Crippen MR) is 64.2 cm³/mol. The molecule has 1 N–H and O–H groups in total. The lowest BCUT2D eigenvalue weighted by molar-refractivity contribution is 0.281. The Balaban J connectivity index is 2.58. The largest absolute Gasteiger partial charge is 0.392 e. The molecule has 0 aliphatic carbocycles. The van der Waals surface area contributed by atoms with Gasteiger partial charge in [0.15, 0.2) is 0 Å². The minimum atomic E-state index is -0.0377. The summed E-state index contributed by atoms with van der Waals surface area (Å²) in [5.74, 6) is 0. The molecular formula is C11H10Cl2N2O. The third-order valence-corrected chi connectivity index (χ3v) is 2.97. The molecule has 0 aliphatic heterocycles. The molecule has 1 heterocycles. The summed E-state index contributed by atoms with van der Waals surface area (Å²) in [4.78, 5) is 0. The van der Waals surface area contributed by atoms with Gasteiger partial charge in [-0.15, -0.1) is 0 Å². The topological polar surface area (TPSA) is 38.1 Å². The van der Waals surface area contributed by atoms with Crippen molar-refractivity contribution in [3.05, 3.63) is 45.7 Å². The van der Waals surface area contributed by atoms with Gasteiger partial charge in [0.2, 0.25) is 0 Å². The minimum absolute atomic E-state index is 0.0377. The Morgan fingerprint density at radius 2 is 2.12 bits per heavy atom. The van der Waals surface area contributed by atoms with Gasteiger partial charge in [-0.1, -0.05) is 23.2 Å². The number of halogens is 2. The highest BCUT2D eigenvalue weighted by molar-refractivity contribution is 6.34. The molecule has 2 aromatic rings. The average molecular weight is 257 g/mol. The molecule has 1 aromatic heterocycles. The molecule has 0 radical (unpaired) electrons. The Labute approximate surface area is 103 Å². The van der Waals surface area contributed by atoms with Crippen LogP contribution in [-0.2, 0) is 6.61 Å². The van der Waals surface area contributed by atoms with Crippen molar-refractivity contribution in [2.24, 2.45) is 0 Å². The van der Waals surface area contributed by atoms with Crippen LogP contribution in [0.4, 0.5) is 0 Å². The molecule has 0 unspecified atom stereocenters. The third-order valence-electron chi connectivity index (χ3n) is 2.42. The van der Waals surface area contributed by atoms with E-state index in [0.29, 0.717) is 15.7 Å². The number of nitrogens with zero attached hydrogens (tertiary/aromatic N) is 2. The Hall–Kier alpha value is -1.03. The van der Waals surface area contributed by atoms with Gasteiger partial charge in [0.1, 0.15) is 0 Å². The van der Waals surface area contributed by atoms with Crippen molar-refractivity contribution in [2.75, 3.05) is 0 Å². The van der Waals surface area contributed by atoms with Crippen molar-refractivity contribution in [3.8, 4) is 5.69 Å². The average Bonchev–Trinajstić information content (AvgIpc) is 2.63. The number of hydrogen-bond acceptors (Lipinski definition) is 2. The summed E-state index contributed by atoms with van der Waals surface area (Å²) in [6.07, 6.45) is 1.62. The van der Waals surface area contributed by atoms with E-state index in [2.05, 4.69) is 5.10 Å². The van der Waals surface area contributed by atoms with Crippen LogP contribution in [-0.4, -0.2) is 14.9 Å². The predicted octanol–water partition coefficient (Wildman–Crippen LogP) is 2.98. The first-order chi connectivity index (χ1) is 7.63. The Kier molecular flexibility index (Phi) is 3.19. The SMILES string of the molecule is Cc1c(CO)cnn1-c1cc(Cl)ccc1Cl. The molecular weight excluding hydrogens is 247 g/mol. The van der Waals surface area contributed by atoms with Gasteiger partial charge in [-0.25, -0.2) is 4.68 Å². The summed E-state index contributed by atoms with van der Waals surface area (Å²) in [5, 5.41) is 14.4. The van der Waals surface area contributed by atoms with Crippen LogP contribution < -0.4 is 0 Å². The normalized spacial score (nSPS) is 10.8. The van der Waals surface area contributed by atoms with E-state index in [1.54, 1.807) is 29.1 Å². The number of benzene rings is 1. The van der Waals surface area contributed by atoms with E-state index in [1.807, 2.05) is 6.92 Å². The Bertz CT molecular complexity index is 523. The molecule has 0 aliphatic rings. The van der Waals surface area contributed by atoms with Gasteiger partial charge in [-0.2, -0.15) is 5.10 Å². The van der Waals surface area contributed by atoms with Crippen molar-refractivity contribution in [1.29, 1.82) is 0 Å². The molecule has 84 valence electrons. The second-order valence-electron chi connectivity index (χ2n) is 3.42. The van der Waals surface area contributed by atoms with E-state index in [0.717, 1.165) is 11.3 Å². The van der Waals surface area contributed by atoms with Crippen molar-refractivity contribution in [1.82, 2.24) is 9.78 Å². The highest BCUT2D eigenvalue weighted by atomic mass is 35.5. The van der Waals surface area contributed by atoms with E-state index in [9.17, 15) is 0 Å². The number of rotatable bonds is 2. The lowest BCUT2D eigenvalue weighted by Crippen LogP contribution is -2.00. The lowest BCUT2D eigenvalue weighted by atomic mass is 10.2. The van der Waals surface area contributed by atoms with Crippen molar-refractivity contribution >= 4 is 23.2 Å². The van der Waals surface area contributed by atoms with E-state index in [1.165, 1.54) is 0 Å². The van der Waals surface area contributed by atoms with Crippen LogP contribution in [0.5, 0.6) is 0 Å². The first-order valence-corrected chi connectivity index (χ1v) is 5.49. The molecule has 0 atom stereocenters. The molecule has 0 saturated carbocycles. The monoisotopic (exact) mass is 256 g/mol. The number of aliphatic hydroxyl groups excluding tert-OH is 1. The first-order valence-electron chi connectivity index (χ1n) is 4.73. The summed E-state index contributed by atoms with van der Waals surface area (Å²) in [6, 6.07) is 5.18. The van der Waals surface area contributed by atoms with Crippen molar-refractivity contribution in [3.63, 3.8) is 0 Å². The third kappa shape index (κ3) is 1.94. The molecule has 0 amide bonds. The molecule has 0 bridgehead atoms. The number of aromatic nitrogens is 2. The van der Waals surface area contributed by atoms with Crippen LogP contribution in [0.2, 0.25) is 10.0 Å². The van der Waals surface area contributed by atoms with Gasteiger partial charge in [-0.05, 0) is 25.1 Å². The minimum Gasteiger partial charge on any atom is -0.392 e. The Morgan fingerprint density at radius 1 is 1.38 bits per heavy atom. The molecule has 3 nitrogen and oxygen atoms in total. The zero-order valence-corrected chi connectivity index (χ0v) is 10.1. The lowest BCUT2D eigenvalue weighted by Gasteiger charge is -2.07. The zero-order valence-electron chi connectivity index (χ0n) is 8.61. The van der Waals surface area contributed by atoms with Crippen molar-refractivity contribution < 1.29 is 5.11 Å². The van der Waals surface area contributed by atoms with Crippen LogP contribution in [0.25, 0.3) is 5.69 Å². The summed E-state index contributed by atoms with van der Waals surface area (Å²) >= 11 is 12.0. The summed E-state index contributed by atoms with van der Waals surface area (Å²) in [7, 11) is 0. The molecule has 0 saturated heterocycles. The van der Waals surface area contributed by atoms with Crippen molar-refractivity contribution in [2.45, 2.75) is 13.5 Å². The molecule has 0 fully saturated rings. The van der Waals surface area contributed by atoms with Gasteiger partial charge in [-0.3, -0.25) is 0 Å². The second kappa shape index (κ2) is 4.45. The van der Waals surface area contributed by atoms with Crippen LogP contribution in [0.3, 0.4) is 0 Å². The maximum absolute atomic E-state index is 9.09. The highest BCUT2D eigenvalue weighted by Gasteiger charge is 2.10. The summed E-state index contributed by atoms with van der Waals surface area (Å²) < 4.78 is 1.67. The van der Waals surface area contributed by atoms with Crippen LogP contribution >= 0.6 is 23.2 Å². The fourth-order valence-electron chi connectivity index (χ4n) is 1.49. The standard InChI is InChI=1S/C11H10Cl2N2O/c1-7-8(6-16)5-14-15(7)11-4-9(12)2-3-10(11)13/h2-5,16H,6H2,1H3. The second-order valence-corrected chi connectivity index (χ2v) is 4.26. The molecule has 0 spiro atoms. The van der Waals surface area contributed by atoms with E-state index in [4.69, 9.17) is 28.3 Å². The van der Waals surface area contributed by atoms with E-state index >= 15 is 0 Å². The van der Waals surface area contributed by atoms with Gasteiger partial charge in [0.25, 0.3) is 0 Å². The van der Waals surface area contributed by atoms with Crippen LogP contribution in [0.1, 0.15) is 11.3 Å². The van der Waals surface area contributed by atoms with Gasteiger partial charge in [0.05, 0.1) is 23.5 Å². The van der Waals surface area contributed by atoms with Gasteiger partial charge < -0.3 is 5.11 Å². The first kappa shape index (κ1) is 11.5. The van der Waals surface area contributed by atoms with Crippen LogP contribution in [0.15, 0.2) is 24.4 Å². The maximum atomic E-state index is 9.09. The van der Waals surface area contributed by atoms with Gasteiger partial charge in [0, 0.05) is 16.3 Å². The quantitative estimate of drug-likeness (QED) is 0.898. The number of aliphatic hydroxyl groups is 1. The summed E-state index contributed by atoms with van der Waals surface area (Å²) in [5.41, 5.74) is 2.34. The van der Waals surface area contributed by atoms with Gasteiger partial charge >= 0.3 is 0 Å². The summed E-state index contributed by atoms with van der Waals surface area (Å²) in [6.45, 7) is 1.83. The number of hydrogen-bond donors (Lipinski definition) is 1. The van der Waals surface area contributed by atoms with E-state index in [-0.39, 0.29) is 6.61 Å². The highest BCUT2D eigenvalue weighted by Crippen LogP contribution is 2.25. The fourth-order valence-corrected chi connectivity index (χ4v) is 1.85.